The number of thiazole rings is 4. The van der Waals surface area contributed by atoms with Gasteiger partial charge in [-0.1, -0.05) is 180 Å². The molecule has 14 aromatic carbocycles. The van der Waals surface area contributed by atoms with Gasteiger partial charge in [-0.3, -0.25) is 39.3 Å². The van der Waals surface area contributed by atoms with Crippen molar-refractivity contribution in [3.8, 4) is 75.8 Å². The molecule has 0 aliphatic carbocycles. The molecule has 0 aliphatic heterocycles. The van der Waals surface area contributed by atoms with Crippen molar-refractivity contribution in [3.05, 3.63) is 442 Å². The second-order valence-electron chi connectivity index (χ2n) is 29.4. The molecular weight excluding hydrogens is 3100 g/mol. The molecule has 3 N–H and O–H groups in total. The Bertz CT molecular complexity index is 6980. The maximum Gasteiger partial charge on any atom is 0.155 e. The molecule has 0 atom stereocenters. The molecule has 27 heteroatoms. The molecule has 23 rings (SSSR count). The van der Waals surface area contributed by atoms with Crippen molar-refractivity contribution < 1.29 is 179 Å². The van der Waals surface area contributed by atoms with Gasteiger partial charge in [0.2, 0.25) is 0 Å². The second kappa shape index (κ2) is 60.1. The number of carbonyl (C=O) groups is 3. The summed E-state index contributed by atoms with van der Waals surface area (Å²) in [6, 6.07) is 140. The predicted molar refractivity (Wildman–Crippen MR) is 552 cm³/mol. The van der Waals surface area contributed by atoms with E-state index in [0.29, 0.717) is 11.7 Å². The van der Waals surface area contributed by atoms with Gasteiger partial charge in [-0.05, 0) is 124 Å². The summed E-state index contributed by atoms with van der Waals surface area (Å²) in [6.45, 7) is 8.54. The number of aliphatic hydroxyl groups is 3. The fourth-order valence-corrected chi connectivity index (χ4v) is 17.9. The van der Waals surface area contributed by atoms with Crippen LogP contribution in [0.4, 0.5) is 0 Å². The van der Waals surface area contributed by atoms with Gasteiger partial charge in [0.25, 0.3) is 0 Å². The van der Waals surface area contributed by atoms with Crippen LogP contribution in [0, 0.1) is 42.5 Å². The van der Waals surface area contributed by atoms with Gasteiger partial charge in [0.1, 0.15) is 11.5 Å². The van der Waals surface area contributed by atoms with Crippen LogP contribution in [0.5, 0.6) is 0 Å². The standard InChI is InChI=1S/2C17H10NS.2C13H8NO.3C13H8NS.3C5H8O2.7Ir/c1-2-8-13-12(6-1)7-5-9-14(13)17-18-15-10-3-4-11-16(15)19-17;1-2-6-13-11-14(10-9-12(13)5-1)17-18-15-7-3-4-8-16(15)19-17;1-2-7-12-10(5-1)9-13(15-12)11-6-3-4-8-14-11;1-2-6-10(7-3-1)13-14-11-8-4-5-9-12(11)15-13;1-2-7-12-10(5-1)9-13(15-12)11-6-3-4-8-14-11;2*1-2-6-10(7-3-1)13-14-11-8-4-5-9-12(11)15-13;3*1-4(6)3-5(2)7;;;;;;;/h1-8,10-11H;1-9,11H;1-8H;1-6,8-9H;1-8H;2*1-6,8-9H;3*3,6H,1-2H3;;;;;;;/q7*-1;;;;;;;;;;. The second-order valence-corrected chi connectivity index (χ2v) is 34.6. The fourth-order valence-electron chi connectivity index (χ4n) is 13.0. The van der Waals surface area contributed by atoms with Crippen molar-refractivity contribution in [2.24, 2.45) is 0 Å². The van der Waals surface area contributed by atoms with Gasteiger partial charge in [0, 0.05) is 227 Å². The molecule has 0 bridgehead atoms. The normalized spacial score (nSPS) is 10.4. The number of aromatic nitrogens is 7. The molecule has 723 valence electrons. The molecule has 9 aromatic heterocycles. The van der Waals surface area contributed by atoms with E-state index in [1.165, 1.54) is 110 Å². The topological polar surface area (TPSA) is 228 Å². The van der Waals surface area contributed by atoms with Crippen LogP contribution >= 0.6 is 56.7 Å². The summed E-state index contributed by atoms with van der Waals surface area (Å²) in [6.07, 6.45) is 7.06. The van der Waals surface area contributed by atoms with Crippen LogP contribution in [0.25, 0.3) is 170 Å². The zero-order valence-electron chi connectivity index (χ0n) is 75.8. The Balaban J connectivity index is 0.000000215. The number of nitrogens with zero attached hydrogens (tertiary/aromatic N) is 7. The molecular formula is C114H84Ir7N7O8S5-7. The van der Waals surface area contributed by atoms with Gasteiger partial charge in [-0.2, -0.15) is 45.3 Å². The van der Waals surface area contributed by atoms with E-state index in [9.17, 15) is 14.4 Å². The summed E-state index contributed by atoms with van der Waals surface area (Å²) in [4.78, 5) is 62.6. The van der Waals surface area contributed by atoms with Gasteiger partial charge >= 0.3 is 0 Å². The Morgan fingerprint density at radius 3 is 1.13 bits per heavy atom. The Morgan fingerprint density at radius 2 is 0.695 bits per heavy atom. The number of ketones is 3. The summed E-state index contributed by atoms with van der Waals surface area (Å²) < 4.78 is 17.4. The number of thiophene rings is 1. The van der Waals surface area contributed by atoms with Crippen molar-refractivity contribution >= 4 is 169 Å². The average Bonchev–Trinajstić information content (AvgIpc) is 1.68. The Kier molecular flexibility index (Phi) is 49.7. The Labute approximate surface area is 931 Å². The van der Waals surface area contributed by atoms with E-state index < -0.39 is 0 Å². The number of rotatable bonds is 10. The molecule has 15 nitrogen and oxygen atoms in total. The van der Waals surface area contributed by atoms with Crippen LogP contribution in [0.15, 0.2) is 409 Å². The molecule has 7 radical (unpaired) electrons. The quantitative estimate of drug-likeness (QED) is 0.0657. The van der Waals surface area contributed by atoms with Crippen LogP contribution in [-0.2, 0) is 155 Å². The minimum absolute atomic E-state index is 0. The number of furan rings is 1. The van der Waals surface area contributed by atoms with Crippen molar-refractivity contribution in [2.45, 2.75) is 41.5 Å². The van der Waals surface area contributed by atoms with Crippen LogP contribution in [0.3, 0.4) is 0 Å². The van der Waals surface area contributed by atoms with Crippen LogP contribution in [0.1, 0.15) is 41.5 Å². The van der Waals surface area contributed by atoms with E-state index >= 15 is 0 Å². The number of allylic oxidation sites excluding steroid dienone is 6. The average molecular weight is 3190 g/mol. The van der Waals surface area contributed by atoms with Crippen LogP contribution in [0.2, 0.25) is 0 Å². The third-order valence-corrected chi connectivity index (χ3v) is 24.2. The van der Waals surface area contributed by atoms with Gasteiger partial charge < -0.3 is 34.1 Å². The third-order valence-electron chi connectivity index (χ3n) is 18.9. The molecule has 23 aromatic rings. The monoisotopic (exact) mass is 3190 g/mol. The minimum Gasteiger partial charge on any atom is -0.518 e. The zero-order chi connectivity index (χ0) is 93.3. The number of benzene rings is 14. The van der Waals surface area contributed by atoms with Crippen molar-refractivity contribution in [2.75, 3.05) is 0 Å². The summed E-state index contributed by atoms with van der Waals surface area (Å²) in [5.41, 5.74) is 13.8. The van der Waals surface area contributed by atoms with Crippen LogP contribution in [-0.4, -0.2) is 67.6 Å². The molecule has 0 aliphatic rings. The maximum atomic E-state index is 10.0. The van der Waals surface area contributed by atoms with E-state index in [4.69, 9.17) is 29.1 Å². The first kappa shape index (κ1) is 117. The minimum atomic E-state index is -0.125. The first-order valence-electron chi connectivity index (χ1n) is 42.1. The fraction of sp³-hybridized carbons (Fsp3) is 0.0526. The van der Waals surface area contributed by atoms with E-state index in [-0.39, 0.29) is 175 Å². The number of hydrogen-bond donors (Lipinski definition) is 3. The largest absolute Gasteiger partial charge is 0.518 e. The summed E-state index contributed by atoms with van der Waals surface area (Å²) in [7, 11) is 0. The first-order valence-corrected chi connectivity index (χ1v) is 46.2. The van der Waals surface area contributed by atoms with Crippen LogP contribution < -0.4 is 0 Å². The van der Waals surface area contributed by atoms with Crippen molar-refractivity contribution in [3.63, 3.8) is 0 Å². The van der Waals surface area contributed by atoms with Gasteiger partial charge in [0.15, 0.2) is 17.3 Å². The number of carbonyl (C=O) groups excluding carboxylic acids is 3. The number of fused-ring (bicyclic) bond motifs is 9. The summed E-state index contributed by atoms with van der Waals surface area (Å²) in [5.74, 6) is 1.13. The predicted octanol–water partition coefficient (Wildman–Crippen LogP) is 30.8. The molecule has 0 spiro atoms. The zero-order valence-corrected chi connectivity index (χ0v) is 96.6. The van der Waals surface area contributed by atoms with E-state index in [1.54, 1.807) is 62.9 Å². The number of para-hydroxylation sites is 7. The summed E-state index contributed by atoms with van der Waals surface area (Å²) >= 11 is 8.59. The molecule has 0 saturated heterocycles. The molecule has 0 unspecified atom stereocenters. The third kappa shape index (κ3) is 35.0. The number of hydrogen-bond acceptors (Lipinski definition) is 20. The summed E-state index contributed by atoms with van der Waals surface area (Å²) in [5, 5.41) is 36.3. The number of pyridine rings is 2. The van der Waals surface area contributed by atoms with E-state index in [2.05, 4.69) is 188 Å². The Morgan fingerprint density at radius 1 is 0.305 bits per heavy atom. The van der Waals surface area contributed by atoms with Gasteiger partial charge in [-0.25, -0.2) is 11.3 Å². The first-order chi connectivity index (χ1) is 65.4. The number of oxazole rings is 1. The smallest absolute Gasteiger partial charge is 0.155 e. The van der Waals surface area contributed by atoms with Crippen molar-refractivity contribution in [1.82, 2.24) is 34.9 Å². The molecule has 141 heavy (non-hydrogen) atoms. The van der Waals surface area contributed by atoms with E-state index in [1.807, 2.05) is 243 Å². The number of aliphatic hydroxyl groups excluding tert-OH is 3. The molecule has 0 saturated carbocycles. The van der Waals surface area contributed by atoms with Crippen molar-refractivity contribution in [1.29, 1.82) is 0 Å². The van der Waals surface area contributed by atoms with Gasteiger partial charge in [0.05, 0.1) is 50.6 Å². The Hall–Kier alpha value is -11.4. The molecule has 0 fully saturated rings. The van der Waals surface area contributed by atoms with E-state index in [0.717, 1.165) is 108 Å². The maximum absolute atomic E-state index is 10.0. The van der Waals surface area contributed by atoms with Gasteiger partial charge in [-0.15, -0.1) is 202 Å². The molecule has 9 heterocycles. The SMILES string of the molecule is CC(=O)C=C(C)O.CC(=O)C=C(C)O.CC(=O)C=C(C)O.[Ir].[Ir].[Ir].[Ir].[Ir].[Ir].[Ir].[c-]1c(-c2ccccn2)oc2ccccc12.[c-]1c(-c2ccccn2)sc2ccccc12.[c-]1cc2ccccc2cc1-c1nc2ccccc2s1.[c-]1ccc2ccccc2c1-c1nc2ccccc2s1.[c-]1ccccc1-c1nc2ccccc2o1.[c-]1ccccc1-c1nc2ccccc2s1.[c-]1ccccc1-c1nc2ccccc2s1. The molecule has 0 amide bonds.